The minimum absolute atomic E-state index is 0.0291. The van der Waals surface area contributed by atoms with Crippen molar-refractivity contribution in [2.45, 2.75) is 13.0 Å². The summed E-state index contributed by atoms with van der Waals surface area (Å²) in [5.41, 5.74) is 0.996. The predicted octanol–water partition coefficient (Wildman–Crippen LogP) is 0.800. The summed E-state index contributed by atoms with van der Waals surface area (Å²) in [6.07, 6.45) is 1.52. The van der Waals surface area contributed by atoms with Crippen molar-refractivity contribution in [1.82, 2.24) is 20.1 Å². The molecule has 2 heterocycles. The van der Waals surface area contributed by atoms with Gasteiger partial charge in [0.15, 0.2) is 0 Å². The Kier molecular flexibility index (Phi) is 4.22. The van der Waals surface area contributed by atoms with Crippen molar-refractivity contribution < 1.29 is 14.3 Å². The van der Waals surface area contributed by atoms with Crippen LogP contribution < -0.4 is 10.1 Å². The van der Waals surface area contributed by atoms with Gasteiger partial charge in [0.05, 0.1) is 13.0 Å². The summed E-state index contributed by atoms with van der Waals surface area (Å²) >= 11 is 0. The summed E-state index contributed by atoms with van der Waals surface area (Å²) in [6, 6.07) is 7.52. The Labute approximate surface area is 132 Å². The first kappa shape index (κ1) is 15.0. The van der Waals surface area contributed by atoms with E-state index in [0.717, 1.165) is 11.3 Å². The van der Waals surface area contributed by atoms with Gasteiger partial charge in [0.2, 0.25) is 17.8 Å². The molecule has 1 aromatic heterocycles. The van der Waals surface area contributed by atoms with Crippen LogP contribution in [0.3, 0.4) is 0 Å². The van der Waals surface area contributed by atoms with Gasteiger partial charge in [-0.25, -0.2) is 5.10 Å². The first-order chi connectivity index (χ1) is 11.2. The van der Waals surface area contributed by atoms with Crippen LogP contribution in [-0.4, -0.2) is 45.6 Å². The average molecular weight is 315 g/mol. The molecule has 3 rings (SSSR count). The molecule has 120 valence electrons. The zero-order chi connectivity index (χ0) is 16.2. The third kappa shape index (κ3) is 3.47. The molecule has 0 radical (unpaired) electrons. The second kappa shape index (κ2) is 6.47. The minimum atomic E-state index is -0.383. The number of methoxy groups -OCH3 is 1. The third-order valence-corrected chi connectivity index (χ3v) is 3.77. The fraction of sp³-hybridized carbons (Fsp3) is 0.333. The Hall–Kier alpha value is -2.90. The van der Waals surface area contributed by atoms with Crippen molar-refractivity contribution >= 4 is 17.8 Å². The van der Waals surface area contributed by atoms with E-state index in [1.165, 1.54) is 6.33 Å². The molecule has 1 fully saturated rings. The van der Waals surface area contributed by atoms with E-state index in [9.17, 15) is 9.59 Å². The maximum absolute atomic E-state index is 12.1. The highest BCUT2D eigenvalue weighted by atomic mass is 16.5. The molecule has 2 N–H and O–H groups in total. The number of hydrogen-bond donors (Lipinski definition) is 2. The van der Waals surface area contributed by atoms with Crippen LogP contribution in [0.25, 0.3) is 0 Å². The van der Waals surface area contributed by atoms with Crippen LogP contribution in [0.1, 0.15) is 12.0 Å². The van der Waals surface area contributed by atoms with Gasteiger partial charge in [0.1, 0.15) is 12.1 Å². The molecule has 2 amide bonds. The van der Waals surface area contributed by atoms with Gasteiger partial charge < -0.3 is 9.64 Å². The summed E-state index contributed by atoms with van der Waals surface area (Å²) in [5.74, 6) is 0.415. The molecule has 1 saturated heterocycles. The molecule has 0 spiro atoms. The number of anilines is 1. The lowest BCUT2D eigenvalue weighted by atomic mass is 10.1. The van der Waals surface area contributed by atoms with E-state index in [-0.39, 0.29) is 30.1 Å². The van der Waals surface area contributed by atoms with Crippen molar-refractivity contribution in [3.05, 3.63) is 36.2 Å². The van der Waals surface area contributed by atoms with E-state index in [4.69, 9.17) is 4.74 Å². The molecule has 8 nitrogen and oxygen atoms in total. The van der Waals surface area contributed by atoms with Gasteiger partial charge in [-0.1, -0.05) is 12.1 Å². The van der Waals surface area contributed by atoms with Gasteiger partial charge in [0, 0.05) is 19.5 Å². The zero-order valence-electron chi connectivity index (χ0n) is 12.7. The molecular formula is C15H17N5O3. The fourth-order valence-corrected chi connectivity index (χ4v) is 2.54. The number of amides is 2. The van der Waals surface area contributed by atoms with E-state index >= 15 is 0 Å². The maximum Gasteiger partial charge on any atom is 0.232 e. The van der Waals surface area contributed by atoms with Gasteiger partial charge in [-0.2, -0.15) is 10.1 Å². The minimum Gasteiger partial charge on any atom is -0.497 e. The van der Waals surface area contributed by atoms with Crippen LogP contribution in [-0.2, 0) is 16.1 Å². The van der Waals surface area contributed by atoms with Gasteiger partial charge >= 0.3 is 0 Å². The van der Waals surface area contributed by atoms with Crippen LogP contribution in [0.4, 0.5) is 5.95 Å². The predicted molar refractivity (Wildman–Crippen MR) is 81.5 cm³/mol. The van der Waals surface area contributed by atoms with Gasteiger partial charge in [-0.05, 0) is 17.7 Å². The number of nitrogens with one attached hydrogen (secondary N) is 2. The van der Waals surface area contributed by atoms with Crippen molar-refractivity contribution in [2.24, 2.45) is 5.92 Å². The highest BCUT2D eigenvalue weighted by Gasteiger charge is 2.34. The van der Waals surface area contributed by atoms with E-state index in [1.807, 2.05) is 24.3 Å². The Balaban J connectivity index is 1.59. The van der Waals surface area contributed by atoms with Crippen LogP contribution in [0.15, 0.2) is 30.6 Å². The molecule has 1 aliphatic rings. The molecule has 23 heavy (non-hydrogen) atoms. The number of benzene rings is 1. The fourth-order valence-electron chi connectivity index (χ4n) is 2.54. The Bertz CT molecular complexity index is 684. The lowest BCUT2D eigenvalue weighted by Crippen LogP contribution is -2.28. The Morgan fingerprint density at radius 2 is 2.22 bits per heavy atom. The summed E-state index contributed by atoms with van der Waals surface area (Å²) < 4.78 is 5.11. The van der Waals surface area contributed by atoms with Crippen LogP contribution in [0.2, 0.25) is 0 Å². The number of likely N-dealkylation sites (tertiary alicyclic amines) is 1. The summed E-state index contributed by atoms with van der Waals surface area (Å²) in [4.78, 5) is 29.8. The largest absolute Gasteiger partial charge is 0.497 e. The summed E-state index contributed by atoms with van der Waals surface area (Å²) in [5, 5.41) is 8.84. The standard InChI is InChI=1S/C15H17N5O3/c1-23-12-4-2-10(3-5-12)7-20-8-11(6-13(20)21)14(22)18-15-16-9-17-19-15/h2-5,9,11H,6-8H2,1H3,(H2,16,17,18,19,22). The number of aromatic nitrogens is 3. The average Bonchev–Trinajstić information content (AvgIpc) is 3.18. The smallest absolute Gasteiger partial charge is 0.232 e. The number of rotatable bonds is 5. The Morgan fingerprint density at radius 1 is 1.43 bits per heavy atom. The molecule has 1 atom stereocenters. The number of carbonyl (C=O) groups excluding carboxylic acids is 2. The van der Waals surface area contributed by atoms with Gasteiger partial charge in [0.25, 0.3) is 0 Å². The Morgan fingerprint density at radius 3 is 2.87 bits per heavy atom. The number of ether oxygens (including phenoxy) is 1. The van der Waals surface area contributed by atoms with Crippen molar-refractivity contribution in [2.75, 3.05) is 19.0 Å². The number of H-pyrrole nitrogens is 1. The molecule has 0 saturated carbocycles. The van der Waals surface area contributed by atoms with Gasteiger partial charge in [-0.3, -0.25) is 14.9 Å². The first-order valence-electron chi connectivity index (χ1n) is 7.22. The highest BCUT2D eigenvalue weighted by Crippen LogP contribution is 2.22. The molecule has 0 aliphatic carbocycles. The molecule has 8 heteroatoms. The number of carbonyl (C=O) groups is 2. The number of hydrogen-bond acceptors (Lipinski definition) is 5. The van der Waals surface area contributed by atoms with E-state index in [2.05, 4.69) is 20.5 Å². The van der Waals surface area contributed by atoms with E-state index < -0.39 is 0 Å². The van der Waals surface area contributed by atoms with Crippen molar-refractivity contribution in [1.29, 1.82) is 0 Å². The van der Waals surface area contributed by atoms with E-state index in [0.29, 0.717) is 13.1 Å². The SMILES string of the molecule is COc1ccc(CN2CC(C(=O)Nc3ncn[nH]3)CC2=O)cc1. The van der Waals surface area contributed by atoms with Crippen LogP contribution in [0, 0.1) is 5.92 Å². The van der Waals surface area contributed by atoms with Gasteiger partial charge in [-0.15, -0.1) is 0 Å². The summed E-state index contributed by atoms with van der Waals surface area (Å²) in [6.45, 7) is 0.875. The second-order valence-corrected chi connectivity index (χ2v) is 5.35. The second-order valence-electron chi connectivity index (χ2n) is 5.35. The highest BCUT2D eigenvalue weighted by molar-refractivity contribution is 5.96. The molecule has 0 bridgehead atoms. The zero-order valence-corrected chi connectivity index (χ0v) is 12.7. The molecule has 1 aromatic carbocycles. The molecule has 2 aromatic rings. The lowest BCUT2D eigenvalue weighted by Gasteiger charge is -2.16. The molecule has 1 aliphatic heterocycles. The van der Waals surface area contributed by atoms with Crippen molar-refractivity contribution in [3.8, 4) is 5.75 Å². The topological polar surface area (TPSA) is 100 Å². The maximum atomic E-state index is 12.1. The molecule has 1 unspecified atom stereocenters. The molecular weight excluding hydrogens is 298 g/mol. The van der Waals surface area contributed by atoms with Crippen LogP contribution in [0.5, 0.6) is 5.75 Å². The third-order valence-electron chi connectivity index (χ3n) is 3.77. The van der Waals surface area contributed by atoms with Crippen molar-refractivity contribution in [3.63, 3.8) is 0 Å². The van der Waals surface area contributed by atoms with Crippen LogP contribution >= 0.6 is 0 Å². The summed E-state index contributed by atoms with van der Waals surface area (Å²) in [7, 11) is 1.61. The quantitative estimate of drug-likeness (QED) is 0.850. The van der Waals surface area contributed by atoms with E-state index in [1.54, 1.807) is 12.0 Å². The monoisotopic (exact) mass is 315 g/mol. The normalized spacial score (nSPS) is 17.3. The number of aromatic amines is 1. The lowest BCUT2D eigenvalue weighted by molar-refractivity contribution is -0.128. The number of nitrogens with zero attached hydrogens (tertiary/aromatic N) is 3. The first-order valence-corrected chi connectivity index (χ1v) is 7.22.